The van der Waals surface area contributed by atoms with Crippen LogP contribution in [-0.2, 0) is 6.42 Å². The minimum atomic E-state index is 0.506. The van der Waals surface area contributed by atoms with Gasteiger partial charge in [0.2, 0.25) is 0 Å². The van der Waals surface area contributed by atoms with Crippen molar-refractivity contribution >= 4 is 11.6 Å². The molecule has 0 amide bonds. The molecule has 5 heteroatoms. The third-order valence-corrected chi connectivity index (χ3v) is 3.07. The smallest absolute Gasteiger partial charge is 0.195 e. The quantitative estimate of drug-likeness (QED) is 0.924. The van der Waals surface area contributed by atoms with Crippen LogP contribution in [0, 0.1) is 6.92 Å². The molecule has 0 aliphatic rings. The van der Waals surface area contributed by atoms with Crippen molar-refractivity contribution in [1.29, 1.82) is 0 Å². The van der Waals surface area contributed by atoms with Crippen molar-refractivity contribution in [3.05, 3.63) is 34.9 Å². The van der Waals surface area contributed by atoms with Crippen LogP contribution in [0.3, 0.4) is 0 Å². The van der Waals surface area contributed by atoms with E-state index in [1.54, 1.807) is 13.4 Å². The average Bonchev–Trinajstić information content (AvgIpc) is 2.81. The van der Waals surface area contributed by atoms with Crippen LogP contribution >= 0.6 is 11.6 Å². The first-order valence-corrected chi connectivity index (χ1v) is 6.02. The second-order valence-electron chi connectivity index (χ2n) is 3.97. The summed E-state index contributed by atoms with van der Waals surface area (Å²) in [5, 5.41) is 0.675. The number of hydrogen-bond acceptors (Lipinski definition) is 4. The van der Waals surface area contributed by atoms with Gasteiger partial charge < -0.3 is 14.9 Å². The molecule has 1 aromatic carbocycles. The molecule has 0 fully saturated rings. The summed E-state index contributed by atoms with van der Waals surface area (Å²) in [5.41, 5.74) is 7.95. The molecule has 0 spiro atoms. The van der Waals surface area contributed by atoms with Crippen molar-refractivity contribution < 1.29 is 9.15 Å². The molecular formula is C13H15ClN2O2. The van der Waals surface area contributed by atoms with Gasteiger partial charge in [-0.25, -0.2) is 4.98 Å². The molecule has 0 unspecified atom stereocenters. The zero-order chi connectivity index (χ0) is 13.1. The number of nitrogens with zero attached hydrogens (tertiary/aromatic N) is 1. The molecule has 0 saturated heterocycles. The molecule has 2 aromatic rings. The summed E-state index contributed by atoms with van der Waals surface area (Å²) in [7, 11) is 1.62. The van der Waals surface area contributed by atoms with Gasteiger partial charge in [-0.15, -0.1) is 0 Å². The van der Waals surface area contributed by atoms with Crippen LogP contribution in [0.15, 0.2) is 22.8 Å². The number of aromatic nitrogens is 1. The van der Waals surface area contributed by atoms with Gasteiger partial charge in [0.15, 0.2) is 5.89 Å². The summed E-state index contributed by atoms with van der Waals surface area (Å²) in [6, 6.07) is 3.72. The average molecular weight is 267 g/mol. The number of benzene rings is 1. The number of aryl methyl sites for hydroxylation is 1. The highest BCUT2D eigenvalue weighted by molar-refractivity contribution is 6.31. The van der Waals surface area contributed by atoms with Crippen LogP contribution in [0.2, 0.25) is 5.02 Å². The Labute approximate surface area is 111 Å². The molecule has 2 N–H and O–H groups in total. The van der Waals surface area contributed by atoms with E-state index in [4.69, 9.17) is 26.5 Å². The van der Waals surface area contributed by atoms with Gasteiger partial charge in [0.25, 0.3) is 0 Å². The first kappa shape index (κ1) is 12.9. The fourth-order valence-electron chi connectivity index (χ4n) is 1.70. The maximum Gasteiger partial charge on any atom is 0.195 e. The molecule has 0 radical (unpaired) electrons. The van der Waals surface area contributed by atoms with Crippen molar-refractivity contribution in [1.82, 2.24) is 4.98 Å². The molecule has 0 saturated carbocycles. The predicted octanol–water partition coefficient (Wildman–Crippen LogP) is 2.81. The number of nitrogens with two attached hydrogens (primary N) is 1. The number of rotatable bonds is 4. The zero-order valence-electron chi connectivity index (χ0n) is 10.4. The number of methoxy groups -OCH3 is 1. The summed E-state index contributed by atoms with van der Waals surface area (Å²) in [6.45, 7) is 2.43. The summed E-state index contributed by atoms with van der Waals surface area (Å²) in [6.07, 6.45) is 2.20. The van der Waals surface area contributed by atoms with E-state index in [1.807, 2.05) is 19.1 Å². The lowest BCUT2D eigenvalue weighted by molar-refractivity contribution is 0.416. The van der Waals surface area contributed by atoms with Crippen molar-refractivity contribution in [2.24, 2.45) is 5.73 Å². The highest BCUT2D eigenvalue weighted by Crippen LogP contribution is 2.34. The van der Waals surface area contributed by atoms with E-state index in [-0.39, 0.29) is 0 Å². The fraction of sp³-hybridized carbons (Fsp3) is 0.308. The van der Waals surface area contributed by atoms with Crippen molar-refractivity contribution in [3.63, 3.8) is 0 Å². The molecule has 1 aromatic heterocycles. The van der Waals surface area contributed by atoms with Crippen molar-refractivity contribution in [2.75, 3.05) is 13.7 Å². The molecule has 2 rings (SSSR count). The highest BCUT2D eigenvalue weighted by Gasteiger charge is 2.13. The molecule has 0 bridgehead atoms. The van der Waals surface area contributed by atoms with Gasteiger partial charge in [-0.1, -0.05) is 11.6 Å². The molecule has 0 aliphatic heterocycles. The monoisotopic (exact) mass is 266 g/mol. The van der Waals surface area contributed by atoms with Gasteiger partial charge in [0.05, 0.1) is 7.11 Å². The summed E-state index contributed by atoms with van der Waals surface area (Å²) >= 11 is 6.13. The van der Waals surface area contributed by atoms with Crippen LogP contribution in [0.25, 0.3) is 11.3 Å². The van der Waals surface area contributed by atoms with Gasteiger partial charge in [-0.2, -0.15) is 0 Å². The number of ether oxygens (including phenoxy) is 1. The van der Waals surface area contributed by atoms with E-state index in [2.05, 4.69) is 4.98 Å². The van der Waals surface area contributed by atoms with Crippen molar-refractivity contribution in [2.45, 2.75) is 13.3 Å². The lowest BCUT2D eigenvalue weighted by Crippen LogP contribution is -2.02. The third kappa shape index (κ3) is 2.49. The Morgan fingerprint density at radius 3 is 2.89 bits per heavy atom. The predicted molar refractivity (Wildman–Crippen MR) is 71.0 cm³/mol. The normalized spacial score (nSPS) is 10.7. The van der Waals surface area contributed by atoms with Crippen molar-refractivity contribution in [3.8, 4) is 17.0 Å². The molecule has 4 nitrogen and oxygen atoms in total. The molecule has 96 valence electrons. The lowest BCUT2D eigenvalue weighted by atomic mass is 10.1. The molecule has 0 atom stereocenters. The number of hydrogen-bond donors (Lipinski definition) is 1. The maximum absolute atomic E-state index is 6.13. The molecule has 0 aliphatic carbocycles. The summed E-state index contributed by atoms with van der Waals surface area (Å²) in [5.74, 6) is 1.34. The Hall–Kier alpha value is -1.52. The molecule has 18 heavy (non-hydrogen) atoms. The lowest BCUT2D eigenvalue weighted by Gasteiger charge is -2.08. The van der Waals surface area contributed by atoms with Crippen LogP contribution in [-0.4, -0.2) is 18.6 Å². The highest BCUT2D eigenvalue weighted by atomic mass is 35.5. The zero-order valence-corrected chi connectivity index (χ0v) is 11.1. The van der Waals surface area contributed by atoms with E-state index in [1.165, 1.54) is 0 Å². The topological polar surface area (TPSA) is 61.3 Å². The van der Waals surface area contributed by atoms with E-state index in [0.717, 1.165) is 16.9 Å². The van der Waals surface area contributed by atoms with Crippen LogP contribution in [0.4, 0.5) is 0 Å². The minimum absolute atomic E-state index is 0.506. The first-order chi connectivity index (χ1) is 8.65. The number of halogens is 1. The Kier molecular flexibility index (Phi) is 3.89. The second kappa shape index (κ2) is 5.42. The Balaban J connectivity index is 2.45. The van der Waals surface area contributed by atoms with Gasteiger partial charge in [-0.3, -0.25) is 0 Å². The summed E-state index contributed by atoms with van der Waals surface area (Å²) < 4.78 is 10.7. The first-order valence-electron chi connectivity index (χ1n) is 5.64. The van der Waals surface area contributed by atoms with E-state index in [0.29, 0.717) is 29.6 Å². The third-order valence-electron chi connectivity index (χ3n) is 2.67. The van der Waals surface area contributed by atoms with E-state index < -0.39 is 0 Å². The Bertz CT molecular complexity index is 552. The largest absolute Gasteiger partial charge is 0.496 e. The molecule has 1 heterocycles. The van der Waals surface area contributed by atoms with Crippen LogP contribution < -0.4 is 10.5 Å². The standard InChI is InChI=1S/C13H15ClN2O2/c1-8-5-12(17-2)9(6-10(8)14)11-7-18-13(16-11)3-4-15/h5-7H,3-4,15H2,1-2H3. The molecular weight excluding hydrogens is 252 g/mol. The summed E-state index contributed by atoms with van der Waals surface area (Å²) in [4.78, 5) is 4.36. The fourth-order valence-corrected chi connectivity index (χ4v) is 1.86. The van der Waals surface area contributed by atoms with Gasteiger partial charge in [0, 0.05) is 23.6 Å². The second-order valence-corrected chi connectivity index (χ2v) is 4.37. The van der Waals surface area contributed by atoms with Gasteiger partial charge in [0.1, 0.15) is 17.7 Å². The van der Waals surface area contributed by atoms with Gasteiger partial charge >= 0.3 is 0 Å². The number of oxazole rings is 1. The SMILES string of the molecule is COc1cc(C)c(Cl)cc1-c1coc(CCN)n1. The minimum Gasteiger partial charge on any atom is -0.496 e. The Morgan fingerprint density at radius 2 is 2.22 bits per heavy atom. The van der Waals surface area contributed by atoms with Gasteiger partial charge in [-0.05, 0) is 24.6 Å². The van der Waals surface area contributed by atoms with E-state index >= 15 is 0 Å². The van der Waals surface area contributed by atoms with Crippen LogP contribution in [0.5, 0.6) is 5.75 Å². The van der Waals surface area contributed by atoms with Crippen LogP contribution in [0.1, 0.15) is 11.5 Å². The maximum atomic E-state index is 6.13. The van der Waals surface area contributed by atoms with E-state index in [9.17, 15) is 0 Å². The Morgan fingerprint density at radius 1 is 1.44 bits per heavy atom.